The lowest BCUT2D eigenvalue weighted by Gasteiger charge is -2.31. The SMILES string of the molecule is CC(=O)OC1CNCCC1Nc1ncc2c(C(F)(F)F)nc(CC(C)C)n2n1.Cl. The van der Waals surface area contributed by atoms with Crippen LogP contribution in [-0.2, 0) is 22.1 Å². The molecule has 0 radical (unpaired) electrons. The molecule has 1 aliphatic rings. The van der Waals surface area contributed by atoms with Gasteiger partial charge in [-0.05, 0) is 18.9 Å². The highest BCUT2D eigenvalue weighted by molar-refractivity contribution is 5.85. The maximum Gasteiger partial charge on any atom is 0.435 e. The number of ether oxygens (including phenoxy) is 1. The van der Waals surface area contributed by atoms with E-state index in [1.54, 1.807) is 0 Å². The molecule has 2 aromatic rings. The molecule has 162 valence electrons. The number of carbonyl (C=O) groups is 1. The monoisotopic (exact) mass is 436 g/mol. The number of piperidine rings is 1. The van der Waals surface area contributed by atoms with Gasteiger partial charge in [0.1, 0.15) is 17.4 Å². The van der Waals surface area contributed by atoms with Gasteiger partial charge in [0.05, 0.1) is 12.2 Å². The highest BCUT2D eigenvalue weighted by Gasteiger charge is 2.37. The molecule has 3 rings (SSSR count). The van der Waals surface area contributed by atoms with Crippen molar-refractivity contribution >= 4 is 29.8 Å². The third-order valence-corrected chi connectivity index (χ3v) is 4.38. The van der Waals surface area contributed by atoms with Crippen LogP contribution in [0.3, 0.4) is 0 Å². The number of halogens is 4. The van der Waals surface area contributed by atoms with Crippen LogP contribution in [0.25, 0.3) is 5.52 Å². The van der Waals surface area contributed by atoms with Crippen LogP contribution in [-0.4, -0.2) is 50.8 Å². The number of nitrogens with one attached hydrogen (secondary N) is 2. The quantitative estimate of drug-likeness (QED) is 0.695. The molecule has 0 aliphatic carbocycles. The van der Waals surface area contributed by atoms with Crippen LogP contribution in [0, 0.1) is 5.92 Å². The van der Waals surface area contributed by atoms with Crippen molar-refractivity contribution < 1.29 is 22.7 Å². The Labute approximate surface area is 172 Å². The Balaban J connectivity index is 0.00000300. The van der Waals surface area contributed by atoms with Crippen LogP contribution in [0.1, 0.15) is 38.7 Å². The van der Waals surface area contributed by atoms with E-state index in [1.807, 2.05) is 13.8 Å². The van der Waals surface area contributed by atoms with Crippen molar-refractivity contribution in [3.05, 3.63) is 17.7 Å². The predicted molar refractivity (Wildman–Crippen MR) is 102 cm³/mol. The molecule has 0 amide bonds. The molecule has 1 fully saturated rings. The molecule has 0 saturated carbocycles. The van der Waals surface area contributed by atoms with E-state index in [0.29, 0.717) is 25.9 Å². The Kier molecular flexibility index (Phi) is 7.28. The number of hydrogen-bond donors (Lipinski definition) is 2. The van der Waals surface area contributed by atoms with Gasteiger partial charge >= 0.3 is 12.1 Å². The summed E-state index contributed by atoms with van der Waals surface area (Å²) in [6.07, 6.45) is -2.90. The van der Waals surface area contributed by atoms with Gasteiger partial charge in [0, 0.05) is 19.9 Å². The number of nitrogens with zero attached hydrogens (tertiary/aromatic N) is 4. The minimum absolute atomic E-state index is 0. The van der Waals surface area contributed by atoms with E-state index in [-0.39, 0.29) is 41.7 Å². The number of fused-ring (bicyclic) bond motifs is 1. The van der Waals surface area contributed by atoms with Crippen molar-refractivity contribution in [1.29, 1.82) is 0 Å². The number of aromatic nitrogens is 4. The zero-order chi connectivity index (χ0) is 20.5. The van der Waals surface area contributed by atoms with Gasteiger partial charge in [0.2, 0.25) is 5.95 Å². The van der Waals surface area contributed by atoms with Gasteiger partial charge < -0.3 is 15.4 Å². The van der Waals surface area contributed by atoms with Gasteiger partial charge in [-0.2, -0.15) is 13.2 Å². The fourth-order valence-corrected chi connectivity index (χ4v) is 3.21. The summed E-state index contributed by atoms with van der Waals surface area (Å²) < 4.78 is 46.4. The number of imidazole rings is 1. The second-order valence-electron chi connectivity index (χ2n) is 7.24. The summed E-state index contributed by atoms with van der Waals surface area (Å²) in [4.78, 5) is 19.1. The lowest BCUT2D eigenvalue weighted by Crippen LogP contribution is -2.50. The topological polar surface area (TPSA) is 93.4 Å². The average molecular weight is 437 g/mol. The van der Waals surface area contributed by atoms with Gasteiger partial charge in [-0.1, -0.05) is 13.8 Å². The van der Waals surface area contributed by atoms with E-state index in [9.17, 15) is 18.0 Å². The standard InChI is InChI=1S/C17H23F3N6O2.ClH/c1-9(2)6-14-24-15(17(18,19)20)12-7-22-16(25-26(12)14)23-11-4-5-21-8-13(11)28-10(3)27;/h7,9,11,13,21H,4-6,8H2,1-3H3,(H,23,25);1H. The molecule has 2 aromatic heterocycles. The first kappa shape index (κ1) is 23.1. The maximum absolute atomic E-state index is 13.3. The molecule has 1 aliphatic heterocycles. The molecule has 0 bridgehead atoms. The lowest BCUT2D eigenvalue weighted by atomic mass is 10.0. The molecule has 8 nitrogen and oxygen atoms in total. The second kappa shape index (κ2) is 9.12. The summed E-state index contributed by atoms with van der Waals surface area (Å²) >= 11 is 0. The molecule has 3 heterocycles. The van der Waals surface area contributed by atoms with E-state index in [4.69, 9.17) is 4.74 Å². The first-order chi connectivity index (χ1) is 13.1. The third-order valence-electron chi connectivity index (χ3n) is 4.38. The predicted octanol–water partition coefficient (Wildman–Crippen LogP) is 2.47. The van der Waals surface area contributed by atoms with E-state index in [0.717, 1.165) is 6.20 Å². The number of carbonyl (C=O) groups excluding carboxylic acids is 1. The highest BCUT2D eigenvalue weighted by atomic mass is 35.5. The number of anilines is 1. The molecule has 2 unspecified atom stereocenters. The molecular formula is C17H24ClF3N6O2. The Hall–Kier alpha value is -2.14. The first-order valence-corrected chi connectivity index (χ1v) is 9.11. The fraction of sp³-hybridized carbons (Fsp3) is 0.647. The molecule has 1 saturated heterocycles. The maximum atomic E-state index is 13.3. The van der Waals surface area contributed by atoms with Crippen molar-refractivity contribution in [2.75, 3.05) is 18.4 Å². The summed E-state index contributed by atoms with van der Waals surface area (Å²) in [5, 5.41) is 10.5. The largest absolute Gasteiger partial charge is 0.459 e. The van der Waals surface area contributed by atoms with Gasteiger partial charge in [-0.15, -0.1) is 17.5 Å². The van der Waals surface area contributed by atoms with Crippen LogP contribution in [0.5, 0.6) is 0 Å². The highest BCUT2D eigenvalue weighted by Crippen LogP contribution is 2.32. The van der Waals surface area contributed by atoms with E-state index < -0.39 is 23.9 Å². The zero-order valence-electron chi connectivity index (χ0n) is 16.3. The van der Waals surface area contributed by atoms with Crippen LogP contribution in [0.15, 0.2) is 6.20 Å². The fourth-order valence-electron chi connectivity index (χ4n) is 3.21. The first-order valence-electron chi connectivity index (χ1n) is 9.11. The van der Waals surface area contributed by atoms with Crippen molar-refractivity contribution in [2.45, 2.75) is 51.9 Å². The van der Waals surface area contributed by atoms with E-state index in [2.05, 4.69) is 25.7 Å². The van der Waals surface area contributed by atoms with Crippen molar-refractivity contribution in [3.8, 4) is 0 Å². The number of esters is 1. The molecule has 2 atom stereocenters. The minimum atomic E-state index is -4.59. The Morgan fingerprint density at radius 2 is 2.17 bits per heavy atom. The molecule has 12 heteroatoms. The number of rotatable bonds is 5. The molecule has 0 aromatic carbocycles. The van der Waals surface area contributed by atoms with E-state index >= 15 is 0 Å². The summed E-state index contributed by atoms with van der Waals surface area (Å²) in [7, 11) is 0. The molecule has 0 spiro atoms. The Morgan fingerprint density at radius 1 is 1.45 bits per heavy atom. The Bertz CT molecular complexity index is 858. The summed E-state index contributed by atoms with van der Waals surface area (Å²) in [5.74, 6) is 0.0913. The molecule has 29 heavy (non-hydrogen) atoms. The summed E-state index contributed by atoms with van der Waals surface area (Å²) in [5.41, 5.74) is -1.18. The normalized spacial score (nSPS) is 19.8. The third kappa shape index (κ3) is 5.47. The summed E-state index contributed by atoms with van der Waals surface area (Å²) in [6, 6.07) is -0.248. The summed E-state index contributed by atoms with van der Waals surface area (Å²) in [6.45, 7) is 6.30. The van der Waals surface area contributed by atoms with Crippen LogP contribution >= 0.6 is 12.4 Å². The van der Waals surface area contributed by atoms with Gasteiger partial charge in [0.15, 0.2) is 5.69 Å². The molecular weight excluding hydrogens is 413 g/mol. The van der Waals surface area contributed by atoms with Crippen LogP contribution in [0.4, 0.5) is 19.1 Å². The van der Waals surface area contributed by atoms with Gasteiger partial charge in [-0.25, -0.2) is 14.5 Å². The molecule has 2 N–H and O–H groups in total. The van der Waals surface area contributed by atoms with Crippen molar-refractivity contribution in [1.82, 2.24) is 24.9 Å². The van der Waals surface area contributed by atoms with Crippen LogP contribution in [0.2, 0.25) is 0 Å². The second-order valence-corrected chi connectivity index (χ2v) is 7.24. The van der Waals surface area contributed by atoms with Gasteiger partial charge in [-0.3, -0.25) is 4.79 Å². The van der Waals surface area contributed by atoms with Crippen molar-refractivity contribution in [3.63, 3.8) is 0 Å². The lowest BCUT2D eigenvalue weighted by molar-refractivity contribution is -0.147. The zero-order valence-corrected chi connectivity index (χ0v) is 17.1. The smallest absolute Gasteiger partial charge is 0.435 e. The van der Waals surface area contributed by atoms with Crippen molar-refractivity contribution in [2.24, 2.45) is 5.92 Å². The van der Waals surface area contributed by atoms with Gasteiger partial charge in [0.25, 0.3) is 0 Å². The van der Waals surface area contributed by atoms with E-state index in [1.165, 1.54) is 11.4 Å². The Morgan fingerprint density at radius 3 is 2.79 bits per heavy atom. The number of alkyl halides is 3. The van der Waals surface area contributed by atoms with Crippen LogP contribution < -0.4 is 10.6 Å². The average Bonchev–Trinajstić information content (AvgIpc) is 2.94. The number of hydrogen-bond acceptors (Lipinski definition) is 7. The minimum Gasteiger partial charge on any atom is -0.459 e.